The molecule has 9 heavy (non-hydrogen) atoms. The summed E-state index contributed by atoms with van der Waals surface area (Å²) in [6.07, 6.45) is 3.88. The third kappa shape index (κ3) is 1.78. The third-order valence-corrected chi connectivity index (χ3v) is 2.45. The molecule has 0 spiro atoms. The van der Waals surface area contributed by atoms with Crippen molar-refractivity contribution in [2.75, 3.05) is 0 Å². The van der Waals surface area contributed by atoms with E-state index in [1.165, 1.54) is 3.58 Å². The highest BCUT2D eigenvalue weighted by molar-refractivity contribution is 14.1. The number of carbonyl (C=O) groups excluding carboxylic acids is 1. The first kappa shape index (κ1) is 7.25. The first-order chi connectivity index (χ1) is 4.20. The SMILES string of the molecule is CC1CCC(I)=CC1=O. The minimum Gasteiger partial charge on any atom is -0.295 e. The highest BCUT2D eigenvalue weighted by Gasteiger charge is 2.15. The second-order valence-corrected chi connectivity index (χ2v) is 3.82. The van der Waals surface area contributed by atoms with E-state index in [1.54, 1.807) is 6.08 Å². The van der Waals surface area contributed by atoms with Gasteiger partial charge in [0.25, 0.3) is 0 Å². The Bertz CT molecular complexity index is 160. The lowest BCUT2D eigenvalue weighted by Gasteiger charge is -2.12. The molecule has 0 aromatic carbocycles. The van der Waals surface area contributed by atoms with E-state index in [-0.39, 0.29) is 5.92 Å². The largest absolute Gasteiger partial charge is 0.295 e. The molecule has 0 saturated heterocycles. The Labute approximate surface area is 68.7 Å². The van der Waals surface area contributed by atoms with Crippen LogP contribution in [0.3, 0.4) is 0 Å². The second-order valence-electron chi connectivity index (χ2n) is 2.43. The Balaban J connectivity index is 2.70. The average molecular weight is 236 g/mol. The number of halogens is 1. The van der Waals surface area contributed by atoms with Gasteiger partial charge in [-0.25, -0.2) is 0 Å². The molecule has 0 fully saturated rings. The van der Waals surface area contributed by atoms with Crippen LogP contribution in [0, 0.1) is 5.92 Å². The van der Waals surface area contributed by atoms with Crippen molar-refractivity contribution in [2.45, 2.75) is 19.8 Å². The minimum atomic E-state index is 0.267. The quantitative estimate of drug-likeness (QED) is 0.590. The van der Waals surface area contributed by atoms with Gasteiger partial charge in [0.1, 0.15) is 0 Å². The van der Waals surface area contributed by atoms with Crippen molar-refractivity contribution in [3.63, 3.8) is 0 Å². The molecular formula is C7H9IO. The van der Waals surface area contributed by atoms with Gasteiger partial charge < -0.3 is 0 Å². The van der Waals surface area contributed by atoms with E-state index in [2.05, 4.69) is 22.6 Å². The number of allylic oxidation sites excluding steroid dienone is 2. The maximum Gasteiger partial charge on any atom is 0.159 e. The maximum absolute atomic E-state index is 10.9. The van der Waals surface area contributed by atoms with Gasteiger partial charge in [0.2, 0.25) is 0 Å². The lowest BCUT2D eigenvalue weighted by atomic mass is 9.95. The van der Waals surface area contributed by atoms with Crippen LogP contribution in [-0.4, -0.2) is 5.78 Å². The van der Waals surface area contributed by atoms with Crippen LogP contribution in [0.2, 0.25) is 0 Å². The fourth-order valence-corrected chi connectivity index (χ4v) is 1.48. The fraction of sp³-hybridized carbons (Fsp3) is 0.571. The molecule has 50 valence electrons. The summed E-state index contributed by atoms with van der Waals surface area (Å²) in [4.78, 5) is 10.9. The Hall–Kier alpha value is 0.140. The van der Waals surface area contributed by atoms with Gasteiger partial charge >= 0.3 is 0 Å². The molecule has 0 aromatic heterocycles. The molecule has 0 saturated carbocycles. The number of hydrogen-bond acceptors (Lipinski definition) is 1. The standard InChI is InChI=1S/C7H9IO/c1-5-2-3-6(8)4-7(5)9/h4-5H,2-3H2,1H3. The van der Waals surface area contributed by atoms with Gasteiger partial charge in [0.05, 0.1) is 0 Å². The van der Waals surface area contributed by atoms with E-state index in [4.69, 9.17) is 0 Å². The van der Waals surface area contributed by atoms with Crippen molar-refractivity contribution in [1.29, 1.82) is 0 Å². The van der Waals surface area contributed by atoms with E-state index < -0.39 is 0 Å². The Morgan fingerprint density at radius 2 is 2.44 bits per heavy atom. The summed E-state index contributed by atoms with van der Waals surface area (Å²) in [5.41, 5.74) is 0. The van der Waals surface area contributed by atoms with Crippen LogP contribution in [-0.2, 0) is 4.79 Å². The molecule has 0 aliphatic heterocycles. The molecule has 0 N–H and O–H groups in total. The van der Waals surface area contributed by atoms with E-state index >= 15 is 0 Å². The van der Waals surface area contributed by atoms with Gasteiger partial charge in [-0.15, -0.1) is 0 Å². The normalized spacial score (nSPS) is 28.0. The van der Waals surface area contributed by atoms with Crippen LogP contribution in [0.15, 0.2) is 9.66 Å². The monoisotopic (exact) mass is 236 g/mol. The van der Waals surface area contributed by atoms with Crippen molar-refractivity contribution in [2.24, 2.45) is 5.92 Å². The summed E-state index contributed by atoms with van der Waals surface area (Å²) in [7, 11) is 0. The van der Waals surface area contributed by atoms with Gasteiger partial charge in [-0.3, -0.25) is 4.79 Å². The van der Waals surface area contributed by atoms with Crippen molar-refractivity contribution in [3.05, 3.63) is 9.66 Å². The fourth-order valence-electron chi connectivity index (χ4n) is 0.865. The number of ketones is 1. The summed E-state index contributed by atoms with van der Waals surface area (Å²) >= 11 is 2.22. The molecule has 2 heteroatoms. The number of rotatable bonds is 0. The highest BCUT2D eigenvalue weighted by Crippen LogP contribution is 2.24. The molecule has 1 atom stereocenters. The van der Waals surface area contributed by atoms with Gasteiger partial charge in [-0.05, 0) is 45.1 Å². The van der Waals surface area contributed by atoms with Crippen molar-refractivity contribution in [3.8, 4) is 0 Å². The molecule has 1 aliphatic carbocycles. The summed E-state index contributed by atoms with van der Waals surface area (Å²) < 4.78 is 1.20. The Morgan fingerprint density at radius 3 is 2.89 bits per heavy atom. The summed E-state index contributed by atoms with van der Waals surface area (Å²) in [5, 5.41) is 0. The average Bonchev–Trinajstić information content (AvgIpc) is 1.80. The molecule has 0 radical (unpaired) electrons. The van der Waals surface area contributed by atoms with Crippen molar-refractivity contribution < 1.29 is 4.79 Å². The summed E-state index contributed by atoms with van der Waals surface area (Å²) in [6, 6.07) is 0. The van der Waals surface area contributed by atoms with Crippen LogP contribution >= 0.6 is 22.6 Å². The van der Waals surface area contributed by atoms with E-state index in [1.807, 2.05) is 6.92 Å². The van der Waals surface area contributed by atoms with Gasteiger partial charge in [-0.2, -0.15) is 0 Å². The van der Waals surface area contributed by atoms with Crippen LogP contribution < -0.4 is 0 Å². The summed E-state index contributed by atoms with van der Waals surface area (Å²) in [5.74, 6) is 0.564. The molecule has 0 bridgehead atoms. The second kappa shape index (κ2) is 2.82. The number of carbonyl (C=O) groups is 1. The molecule has 0 amide bonds. The lowest BCUT2D eigenvalue weighted by molar-refractivity contribution is -0.118. The van der Waals surface area contributed by atoms with Gasteiger partial charge in [-0.1, -0.05) is 6.92 Å². The predicted molar refractivity (Wildman–Crippen MR) is 45.5 cm³/mol. The Kier molecular flexibility index (Phi) is 2.27. The van der Waals surface area contributed by atoms with Crippen LogP contribution in [0.4, 0.5) is 0 Å². The molecule has 0 aromatic rings. The molecule has 1 rings (SSSR count). The molecule has 0 heterocycles. The van der Waals surface area contributed by atoms with Crippen molar-refractivity contribution >= 4 is 28.4 Å². The lowest BCUT2D eigenvalue weighted by Crippen LogP contribution is -2.11. The first-order valence-corrected chi connectivity index (χ1v) is 4.18. The number of hydrogen-bond donors (Lipinski definition) is 0. The van der Waals surface area contributed by atoms with Crippen LogP contribution in [0.1, 0.15) is 19.8 Å². The smallest absolute Gasteiger partial charge is 0.159 e. The molecular weight excluding hydrogens is 227 g/mol. The van der Waals surface area contributed by atoms with Gasteiger partial charge in [0, 0.05) is 5.92 Å². The molecule has 1 nitrogen and oxygen atoms in total. The predicted octanol–water partition coefficient (Wildman–Crippen LogP) is 2.30. The third-order valence-electron chi connectivity index (χ3n) is 1.60. The maximum atomic E-state index is 10.9. The molecule has 1 aliphatic rings. The summed E-state index contributed by atoms with van der Waals surface area (Å²) in [6.45, 7) is 1.99. The van der Waals surface area contributed by atoms with E-state index in [9.17, 15) is 4.79 Å². The topological polar surface area (TPSA) is 17.1 Å². The van der Waals surface area contributed by atoms with Gasteiger partial charge in [0.15, 0.2) is 5.78 Å². The van der Waals surface area contributed by atoms with Crippen molar-refractivity contribution in [1.82, 2.24) is 0 Å². The van der Waals surface area contributed by atoms with E-state index in [0.717, 1.165) is 12.8 Å². The minimum absolute atomic E-state index is 0.267. The van der Waals surface area contributed by atoms with E-state index in [0.29, 0.717) is 5.78 Å². The zero-order valence-electron chi connectivity index (χ0n) is 5.36. The highest BCUT2D eigenvalue weighted by atomic mass is 127. The zero-order chi connectivity index (χ0) is 6.85. The van der Waals surface area contributed by atoms with Crippen LogP contribution in [0.5, 0.6) is 0 Å². The van der Waals surface area contributed by atoms with Crippen LogP contribution in [0.25, 0.3) is 0 Å². The zero-order valence-corrected chi connectivity index (χ0v) is 7.51. The Morgan fingerprint density at radius 1 is 1.78 bits per heavy atom. The first-order valence-electron chi connectivity index (χ1n) is 3.10. The molecule has 1 unspecified atom stereocenters.